The molecule has 2 unspecified atom stereocenters. The highest BCUT2D eigenvalue weighted by molar-refractivity contribution is 9.10. The Balaban J connectivity index is 2.43. The van der Waals surface area contributed by atoms with E-state index < -0.39 is 0 Å². The highest BCUT2D eigenvalue weighted by Crippen LogP contribution is 2.19. The number of benzene rings is 1. The number of hydrogen-bond donors (Lipinski definition) is 1. The van der Waals surface area contributed by atoms with Crippen LogP contribution in [-0.4, -0.2) is 24.5 Å². The fourth-order valence-electron chi connectivity index (χ4n) is 2.11. The molecule has 1 aromatic rings. The summed E-state index contributed by atoms with van der Waals surface area (Å²) in [4.78, 5) is 2.40. The number of nitrogens with two attached hydrogens (primary N) is 1. The zero-order chi connectivity index (χ0) is 13.5. The predicted molar refractivity (Wildman–Crippen MR) is 82.7 cm³/mol. The molecular weight excluding hydrogens is 288 g/mol. The van der Waals surface area contributed by atoms with Gasteiger partial charge in [0, 0.05) is 16.6 Å². The summed E-state index contributed by atoms with van der Waals surface area (Å²) >= 11 is 3.49. The maximum Gasteiger partial charge on any atom is 0.0307 e. The lowest BCUT2D eigenvalue weighted by atomic mass is 10.0. The summed E-state index contributed by atoms with van der Waals surface area (Å²) in [5, 5.41) is 0. The third-order valence-corrected chi connectivity index (χ3v) is 4.02. The lowest BCUT2D eigenvalue weighted by Crippen LogP contribution is -2.31. The molecule has 1 aromatic carbocycles. The van der Waals surface area contributed by atoms with E-state index in [1.807, 2.05) is 12.1 Å². The van der Waals surface area contributed by atoms with E-state index in [2.05, 4.69) is 53.9 Å². The Morgan fingerprint density at radius 1 is 1.33 bits per heavy atom. The zero-order valence-electron chi connectivity index (χ0n) is 11.7. The molecule has 1 rings (SSSR count). The fraction of sp³-hybridized carbons (Fsp3) is 0.600. The van der Waals surface area contributed by atoms with E-state index in [-0.39, 0.29) is 6.04 Å². The van der Waals surface area contributed by atoms with Crippen molar-refractivity contribution in [2.24, 2.45) is 5.73 Å². The van der Waals surface area contributed by atoms with Gasteiger partial charge in [0.1, 0.15) is 0 Å². The van der Waals surface area contributed by atoms with Crippen molar-refractivity contribution >= 4 is 15.9 Å². The standard InChI is InChI=1S/C15H25BrN2/c1-4-6-12(2)18(3)10-9-15(17)13-7-5-8-14(16)11-13/h5,7-8,11-12,15H,4,6,9-10,17H2,1-3H3. The van der Waals surface area contributed by atoms with Gasteiger partial charge >= 0.3 is 0 Å². The van der Waals surface area contributed by atoms with Crippen LogP contribution in [0.25, 0.3) is 0 Å². The van der Waals surface area contributed by atoms with E-state index >= 15 is 0 Å². The molecule has 0 aromatic heterocycles. The van der Waals surface area contributed by atoms with Crippen LogP contribution in [0.1, 0.15) is 44.7 Å². The van der Waals surface area contributed by atoms with Gasteiger partial charge in [-0.15, -0.1) is 0 Å². The molecule has 0 aliphatic heterocycles. The van der Waals surface area contributed by atoms with Crippen molar-refractivity contribution in [3.05, 3.63) is 34.3 Å². The van der Waals surface area contributed by atoms with E-state index in [1.54, 1.807) is 0 Å². The Hall–Kier alpha value is -0.380. The normalized spacial score (nSPS) is 14.8. The Labute approximate surface area is 120 Å². The minimum absolute atomic E-state index is 0.124. The van der Waals surface area contributed by atoms with Gasteiger partial charge in [0.05, 0.1) is 0 Å². The van der Waals surface area contributed by atoms with E-state index in [9.17, 15) is 0 Å². The second-order valence-electron chi connectivity index (χ2n) is 5.07. The molecule has 102 valence electrons. The lowest BCUT2D eigenvalue weighted by Gasteiger charge is -2.25. The second kappa shape index (κ2) is 7.93. The van der Waals surface area contributed by atoms with Crippen LogP contribution in [-0.2, 0) is 0 Å². The monoisotopic (exact) mass is 312 g/mol. The SMILES string of the molecule is CCCC(C)N(C)CCC(N)c1cccc(Br)c1. The molecule has 0 fully saturated rings. The molecule has 18 heavy (non-hydrogen) atoms. The average molecular weight is 313 g/mol. The zero-order valence-corrected chi connectivity index (χ0v) is 13.3. The maximum atomic E-state index is 6.24. The minimum atomic E-state index is 0.124. The first-order valence-corrected chi connectivity index (χ1v) is 7.55. The first-order valence-electron chi connectivity index (χ1n) is 6.75. The average Bonchev–Trinajstić information content (AvgIpc) is 2.35. The summed E-state index contributed by atoms with van der Waals surface area (Å²) in [5.41, 5.74) is 7.45. The van der Waals surface area contributed by atoms with Crippen LogP contribution in [0.5, 0.6) is 0 Å². The molecule has 0 amide bonds. The Morgan fingerprint density at radius 3 is 2.67 bits per heavy atom. The fourth-order valence-corrected chi connectivity index (χ4v) is 2.52. The third-order valence-electron chi connectivity index (χ3n) is 3.53. The van der Waals surface area contributed by atoms with Gasteiger partial charge in [-0.3, -0.25) is 0 Å². The van der Waals surface area contributed by atoms with Gasteiger partial charge in [0.25, 0.3) is 0 Å². The van der Waals surface area contributed by atoms with Crippen molar-refractivity contribution in [2.75, 3.05) is 13.6 Å². The topological polar surface area (TPSA) is 29.3 Å². The first kappa shape index (κ1) is 15.7. The van der Waals surface area contributed by atoms with Crippen molar-refractivity contribution in [3.8, 4) is 0 Å². The molecule has 0 radical (unpaired) electrons. The van der Waals surface area contributed by atoms with Gasteiger partial charge in [-0.05, 0) is 51.1 Å². The first-order chi connectivity index (χ1) is 8.54. The minimum Gasteiger partial charge on any atom is -0.324 e. The highest BCUT2D eigenvalue weighted by atomic mass is 79.9. The van der Waals surface area contributed by atoms with Gasteiger partial charge in [-0.1, -0.05) is 41.4 Å². The Kier molecular flexibility index (Phi) is 6.90. The van der Waals surface area contributed by atoms with Gasteiger partial charge in [-0.25, -0.2) is 0 Å². The molecule has 0 saturated carbocycles. The smallest absolute Gasteiger partial charge is 0.0307 e. The largest absolute Gasteiger partial charge is 0.324 e. The van der Waals surface area contributed by atoms with Gasteiger partial charge in [-0.2, -0.15) is 0 Å². The summed E-state index contributed by atoms with van der Waals surface area (Å²) in [7, 11) is 2.19. The molecule has 0 aliphatic carbocycles. The molecule has 0 aliphatic rings. The van der Waals surface area contributed by atoms with Crippen LogP contribution in [0.4, 0.5) is 0 Å². The van der Waals surface area contributed by atoms with Crippen LogP contribution in [0.2, 0.25) is 0 Å². The maximum absolute atomic E-state index is 6.24. The van der Waals surface area contributed by atoms with Crippen molar-refractivity contribution < 1.29 is 0 Å². The van der Waals surface area contributed by atoms with Crippen LogP contribution in [0, 0.1) is 0 Å². The van der Waals surface area contributed by atoms with E-state index in [0.29, 0.717) is 6.04 Å². The summed E-state index contributed by atoms with van der Waals surface area (Å²) in [6, 6.07) is 9.06. The molecule has 2 N–H and O–H groups in total. The summed E-state index contributed by atoms with van der Waals surface area (Å²) in [6.07, 6.45) is 3.49. The third kappa shape index (κ3) is 5.09. The second-order valence-corrected chi connectivity index (χ2v) is 5.98. The number of hydrogen-bond acceptors (Lipinski definition) is 2. The highest BCUT2D eigenvalue weighted by Gasteiger charge is 2.11. The molecule has 0 bridgehead atoms. The summed E-state index contributed by atoms with van der Waals surface area (Å²) in [5.74, 6) is 0. The van der Waals surface area contributed by atoms with E-state index in [0.717, 1.165) is 17.4 Å². The summed E-state index contributed by atoms with van der Waals surface area (Å²) in [6.45, 7) is 5.57. The van der Waals surface area contributed by atoms with E-state index in [1.165, 1.54) is 18.4 Å². The van der Waals surface area contributed by atoms with Gasteiger partial charge in [0.15, 0.2) is 0 Å². The van der Waals surface area contributed by atoms with Crippen LogP contribution >= 0.6 is 15.9 Å². The molecular formula is C15H25BrN2. The Bertz CT molecular complexity index is 354. The van der Waals surface area contributed by atoms with Crippen molar-refractivity contribution in [2.45, 2.75) is 45.2 Å². The van der Waals surface area contributed by atoms with Crippen molar-refractivity contribution in [1.29, 1.82) is 0 Å². The molecule has 0 saturated heterocycles. The van der Waals surface area contributed by atoms with Gasteiger partial charge < -0.3 is 10.6 Å². The van der Waals surface area contributed by atoms with Gasteiger partial charge in [0.2, 0.25) is 0 Å². The molecule has 2 nitrogen and oxygen atoms in total. The van der Waals surface area contributed by atoms with Crippen LogP contribution in [0.3, 0.4) is 0 Å². The van der Waals surface area contributed by atoms with Crippen molar-refractivity contribution in [1.82, 2.24) is 4.90 Å². The molecule has 0 spiro atoms. The number of nitrogens with zero attached hydrogens (tertiary/aromatic N) is 1. The summed E-state index contributed by atoms with van der Waals surface area (Å²) < 4.78 is 1.10. The number of rotatable bonds is 7. The van der Waals surface area contributed by atoms with E-state index in [4.69, 9.17) is 5.73 Å². The lowest BCUT2D eigenvalue weighted by molar-refractivity contribution is 0.236. The molecule has 3 heteroatoms. The van der Waals surface area contributed by atoms with Crippen LogP contribution in [0.15, 0.2) is 28.7 Å². The molecule has 2 atom stereocenters. The number of halogens is 1. The quantitative estimate of drug-likeness (QED) is 0.825. The van der Waals surface area contributed by atoms with Crippen LogP contribution < -0.4 is 5.73 Å². The Morgan fingerprint density at radius 2 is 2.06 bits per heavy atom. The predicted octanol–water partition coefficient (Wildman–Crippen LogP) is 3.96. The molecule has 0 heterocycles. The van der Waals surface area contributed by atoms with Crippen molar-refractivity contribution in [3.63, 3.8) is 0 Å².